The largest absolute Gasteiger partial charge is 0.443 e. The number of carbonyl (C=O) groups is 3. The first-order valence-corrected chi connectivity index (χ1v) is 10.3. The highest BCUT2D eigenvalue weighted by Crippen LogP contribution is 2.23. The fraction of sp³-hybridized carbons (Fsp3) is 0.130. The summed E-state index contributed by atoms with van der Waals surface area (Å²) < 4.78 is 5.53. The number of nitrogens with one attached hydrogen (secondary N) is 2. The van der Waals surface area contributed by atoms with E-state index in [9.17, 15) is 14.4 Å². The molecular weight excluding hydrogens is 414 g/mol. The first-order valence-electron chi connectivity index (χ1n) is 9.46. The predicted octanol–water partition coefficient (Wildman–Crippen LogP) is 4.48. The zero-order chi connectivity index (χ0) is 22.2. The molecule has 0 spiro atoms. The first-order chi connectivity index (χ1) is 15.0. The average Bonchev–Trinajstić information content (AvgIpc) is 3.25. The van der Waals surface area contributed by atoms with Gasteiger partial charge in [-0.2, -0.15) is 0 Å². The van der Waals surface area contributed by atoms with Crippen LogP contribution in [0.15, 0.2) is 72.6 Å². The Bertz CT molecular complexity index is 1090. The SMILES string of the molecule is C=CCNc1nc(C(=O)OC(C(=O)Nc2cccc(C(C)=O)c2)c2ccccc2)cs1. The van der Waals surface area contributed by atoms with Crippen molar-refractivity contribution in [1.29, 1.82) is 0 Å². The van der Waals surface area contributed by atoms with Crippen molar-refractivity contribution in [1.82, 2.24) is 4.98 Å². The molecule has 1 atom stereocenters. The van der Waals surface area contributed by atoms with E-state index in [4.69, 9.17) is 4.74 Å². The third-order valence-electron chi connectivity index (χ3n) is 4.21. The Balaban J connectivity index is 1.80. The number of ether oxygens (including phenoxy) is 1. The van der Waals surface area contributed by atoms with Crippen LogP contribution >= 0.6 is 11.3 Å². The summed E-state index contributed by atoms with van der Waals surface area (Å²) in [7, 11) is 0. The van der Waals surface area contributed by atoms with Gasteiger partial charge in [-0.1, -0.05) is 48.5 Å². The Morgan fingerprint density at radius 3 is 2.65 bits per heavy atom. The molecule has 158 valence electrons. The molecule has 1 heterocycles. The topological polar surface area (TPSA) is 97.4 Å². The highest BCUT2D eigenvalue weighted by molar-refractivity contribution is 7.13. The fourth-order valence-electron chi connectivity index (χ4n) is 2.70. The molecule has 0 aliphatic carbocycles. The number of amides is 1. The molecule has 0 aliphatic rings. The molecule has 0 fully saturated rings. The molecule has 7 nitrogen and oxygen atoms in total. The summed E-state index contributed by atoms with van der Waals surface area (Å²) in [6.07, 6.45) is 0.483. The molecule has 1 unspecified atom stereocenters. The van der Waals surface area contributed by atoms with Gasteiger partial charge in [0.25, 0.3) is 5.91 Å². The molecule has 2 aromatic carbocycles. The standard InChI is InChI=1S/C23H21N3O4S/c1-3-12-24-23-26-19(14-31-23)22(29)30-20(16-8-5-4-6-9-16)21(28)25-18-11-7-10-17(13-18)15(2)27/h3-11,13-14,20H,1,12H2,2H3,(H,24,26)(H,25,28). The van der Waals surface area contributed by atoms with Crippen LogP contribution in [0.1, 0.15) is 39.4 Å². The maximum Gasteiger partial charge on any atom is 0.359 e. The number of anilines is 2. The predicted molar refractivity (Wildman–Crippen MR) is 120 cm³/mol. The third-order valence-corrected chi connectivity index (χ3v) is 5.01. The van der Waals surface area contributed by atoms with Gasteiger partial charge in [-0.15, -0.1) is 17.9 Å². The maximum absolute atomic E-state index is 13.0. The van der Waals surface area contributed by atoms with E-state index in [1.807, 2.05) is 0 Å². The molecule has 3 aromatic rings. The van der Waals surface area contributed by atoms with Gasteiger partial charge in [0.15, 0.2) is 16.6 Å². The van der Waals surface area contributed by atoms with Crippen LogP contribution in [0.4, 0.5) is 10.8 Å². The van der Waals surface area contributed by atoms with Crippen LogP contribution in [0.5, 0.6) is 0 Å². The van der Waals surface area contributed by atoms with Crippen molar-refractivity contribution in [2.24, 2.45) is 0 Å². The third kappa shape index (κ3) is 5.86. The van der Waals surface area contributed by atoms with E-state index in [2.05, 4.69) is 22.2 Å². The quantitative estimate of drug-likeness (QED) is 0.292. The number of Topliss-reactive ketones (excluding diaryl/α,β-unsaturated/α-hetero) is 1. The molecule has 1 aromatic heterocycles. The van der Waals surface area contributed by atoms with Gasteiger partial charge in [-0.05, 0) is 19.1 Å². The Morgan fingerprint density at radius 2 is 1.94 bits per heavy atom. The van der Waals surface area contributed by atoms with Gasteiger partial charge in [0.2, 0.25) is 6.10 Å². The van der Waals surface area contributed by atoms with Crippen molar-refractivity contribution in [2.45, 2.75) is 13.0 Å². The lowest BCUT2D eigenvalue weighted by atomic mass is 10.1. The van der Waals surface area contributed by atoms with Crippen molar-refractivity contribution in [2.75, 3.05) is 17.2 Å². The lowest BCUT2D eigenvalue weighted by Gasteiger charge is -2.18. The Labute approximate surface area is 183 Å². The van der Waals surface area contributed by atoms with E-state index in [0.29, 0.717) is 28.5 Å². The van der Waals surface area contributed by atoms with E-state index in [0.717, 1.165) is 0 Å². The summed E-state index contributed by atoms with van der Waals surface area (Å²) in [5.74, 6) is -1.38. The van der Waals surface area contributed by atoms with Gasteiger partial charge in [-0.25, -0.2) is 9.78 Å². The second kappa shape index (κ2) is 10.3. The number of hydrogen-bond donors (Lipinski definition) is 2. The van der Waals surface area contributed by atoms with Crippen LogP contribution in [-0.2, 0) is 9.53 Å². The summed E-state index contributed by atoms with van der Waals surface area (Å²) in [6.45, 7) is 5.58. The highest BCUT2D eigenvalue weighted by atomic mass is 32.1. The van der Waals surface area contributed by atoms with Gasteiger partial charge >= 0.3 is 5.97 Å². The Kier molecular flexibility index (Phi) is 7.29. The first kappa shape index (κ1) is 21.9. The summed E-state index contributed by atoms with van der Waals surface area (Å²) >= 11 is 1.25. The maximum atomic E-state index is 13.0. The van der Waals surface area contributed by atoms with Gasteiger partial charge in [0.1, 0.15) is 0 Å². The smallest absolute Gasteiger partial charge is 0.359 e. The van der Waals surface area contributed by atoms with E-state index in [-0.39, 0.29) is 11.5 Å². The minimum absolute atomic E-state index is 0.101. The monoisotopic (exact) mass is 435 g/mol. The molecule has 8 heteroatoms. The summed E-state index contributed by atoms with van der Waals surface area (Å²) in [5, 5.41) is 7.82. The fourth-order valence-corrected chi connectivity index (χ4v) is 3.39. The number of ketones is 1. The average molecular weight is 436 g/mol. The number of carbonyl (C=O) groups excluding carboxylic acids is 3. The second-order valence-electron chi connectivity index (χ2n) is 6.53. The van der Waals surface area contributed by atoms with Crippen LogP contribution in [0.3, 0.4) is 0 Å². The number of thiazole rings is 1. The number of hydrogen-bond acceptors (Lipinski definition) is 7. The second-order valence-corrected chi connectivity index (χ2v) is 7.39. The van der Waals surface area contributed by atoms with Crippen LogP contribution < -0.4 is 10.6 Å². The molecule has 2 N–H and O–H groups in total. The molecule has 0 bridgehead atoms. The summed E-state index contributed by atoms with van der Waals surface area (Å²) in [4.78, 5) is 41.5. The molecular formula is C23H21N3O4S. The zero-order valence-corrected chi connectivity index (χ0v) is 17.6. The van der Waals surface area contributed by atoms with Gasteiger partial charge in [-0.3, -0.25) is 9.59 Å². The summed E-state index contributed by atoms with van der Waals surface area (Å²) in [6, 6.07) is 15.3. The number of aromatic nitrogens is 1. The van der Waals surface area contributed by atoms with Crippen molar-refractivity contribution in [3.8, 4) is 0 Å². The molecule has 0 radical (unpaired) electrons. The van der Waals surface area contributed by atoms with E-state index in [1.54, 1.807) is 66.1 Å². The van der Waals surface area contributed by atoms with Crippen molar-refractivity contribution >= 4 is 39.8 Å². The number of benzene rings is 2. The van der Waals surface area contributed by atoms with Gasteiger partial charge in [0.05, 0.1) is 0 Å². The van der Waals surface area contributed by atoms with Crippen molar-refractivity contribution < 1.29 is 19.1 Å². The van der Waals surface area contributed by atoms with E-state index in [1.165, 1.54) is 18.3 Å². The molecule has 31 heavy (non-hydrogen) atoms. The molecule has 0 saturated heterocycles. The van der Waals surface area contributed by atoms with Crippen LogP contribution in [0.2, 0.25) is 0 Å². The van der Waals surface area contributed by atoms with Crippen LogP contribution in [0, 0.1) is 0 Å². The van der Waals surface area contributed by atoms with Crippen LogP contribution in [0.25, 0.3) is 0 Å². The lowest BCUT2D eigenvalue weighted by Crippen LogP contribution is -2.26. The normalized spacial score (nSPS) is 11.3. The van der Waals surface area contributed by atoms with Crippen molar-refractivity contribution in [3.05, 3.63) is 89.5 Å². The van der Waals surface area contributed by atoms with Gasteiger partial charge in [0, 0.05) is 28.7 Å². The van der Waals surface area contributed by atoms with Gasteiger partial charge < -0.3 is 15.4 Å². The molecule has 3 rings (SSSR count). The minimum Gasteiger partial charge on any atom is -0.443 e. The van der Waals surface area contributed by atoms with E-state index < -0.39 is 18.0 Å². The summed E-state index contributed by atoms with van der Waals surface area (Å²) in [5.41, 5.74) is 1.51. The molecule has 0 saturated carbocycles. The molecule has 0 aliphatic heterocycles. The minimum atomic E-state index is -1.19. The zero-order valence-electron chi connectivity index (χ0n) is 16.8. The lowest BCUT2D eigenvalue weighted by molar-refractivity contribution is -0.125. The Hall–Kier alpha value is -3.78. The van der Waals surface area contributed by atoms with E-state index >= 15 is 0 Å². The highest BCUT2D eigenvalue weighted by Gasteiger charge is 2.27. The molecule has 1 amide bonds. The van der Waals surface area contributed by atoms with Crippen molar-refractivity contribution in [3.63, 3.8) is 0 Å². The number of rotatable bonds is 9. The Morgan fingerprint density at radius 1 is 1.16 bits per heavy atom. The number of esters is 1. The number of nitrogens with zero attached hydrogens (tertiary/aromatic N) is 1. The van der Waals surface area contributed by atoms with Crippen LogP contribution in [-0.4, -0.2) is 29.2 Å².